The number of nitrogens with two attached hydrogens (primary N) is 1. The van der Waals surface area contributed by atoms with E-state index in [1.165, 1.54) is 4.90 Å². The molecule has 0 saturated carbocycles. The maximum atomic E-state index is 13.4. The van der Waals surface area contributed by atoms with Crippen LogP contribution in [0.1, 0.15) is 42.8 Å². The number of ether oxygens (including phenoxy) is 2. The van der Waals surface area contributed by atoms with Crippen molar-refractivity contribution in [3.8, 4) is 0 Å². The Hall–Kier alpha value is -2.68. The van der Waals surface area contributed by atoms with Crippen LogP contribution < -0.4 is 15.5 Å². The maximum absolute atomic E-state index is 13.4. The van der Waals surface area contributed by atoms with Gasteiger partial charge in [-0.3, -0.25) is 29.0 Å². The van der Waals surface area contributed by atoms with Gasteiger partial charge in [-0.15, -0.1) is 23.7 Å². The number of imide groups is 1. The van der Waals surface area contributed by atoms with Crippen LogP contribution in [0.25, 0.3) is 0 Å². The number of hydrogen-bond acceptors (Lipinski definition) is 10. The minimum Gasteiger partial charge on any atom is -0.442 e. The lowest BCUT2D eigenvalue weighted by molar-refractivity contribution is -0.129. The van der Waals surface area contributed by atoms with E-state index in [-0.39, 0.29) is 55.5 Å². The van der Waals surface area contributed by atoms with Gasteiger partial charge < -0.3 is 20.1 Å². The van der Waals surface area contributed by atoms with Crippen molar-refractivity contribution in [2.45, 2.75) is 45.3 Å². The van der Waals surface area contributed by atoms with Gasteiger partial charge in [-0.1, -0.05) is 37.2 Å². The van der Waals surface area contributed by atoms with E-state index in [0.29, 0.717) is 52.3 Å². The third kappa shape index (κ3) is 9.18. The van der Waals surface area contributed by atoms with Crippen LogP contribution in [-0.4, -0.2) is 84.6 Å². The summed E-state index contributed by atoms with van der Waals surface area (Å²) in [5.41, 5.74) is 7.16. The molecule has 44 heavy (non-hydrogen) atoms. The Morgan fingerprint density at radius 3 is 2.39 bits per heavy atom. The van der Waals surface area contributed by atoms with Crippen LogP contribution in [0.4, 0.5) is 16.2 Å². The summed E-state index contributed by atoms with van der Waals surface area (Å²) in [6, 6.07) is 9.56. The number of hydrogen-bond donors (Lipinski definition) is 1. The summed E-state index contributed by atoms with van der Waals surface area (Å²) < 4.78 is 11.2. The van der Waals surface area contributed by atoms with Gasteiger partial charge in [0.05, 0.1) is 35.0 Å². The third-order valence-corrected chi connectivity index (χ3v) is 9.34. The summed E-state index contributed by atoms with van der Waals surface area (Å²) in [5.74, 6) is -0.479. The van der Waals surface area contributed by atoms with E-state index >= 15 is 0 Å². The molecule has 2 aliphatic rings. The maximum Gasteiger partial charge on any atom is 0.414 e. The van der Waals surface area contributed by atoms with Crippen LogP contribution in [0, 0.1) is 5.92 Å². The lowest BCUT2D eigenvalue weighted by Gasteiger charge is -2.27. The van der Waals surface area contributed by atoms with Crippen molar-refractivity contribution in [1.29, 1.82) is 0 Å². The number of amides is 4. The van der Waals surface area contributed by atoms with E-state index in [4.69, 9.17) is 26.8 Å². The molecule has 2 saturated heterocycles. The molecular weight excluding hydrogens is 651 g/mol. The minimum absolute atomic E-state index is 0. The molecular formula is C29H36Cl2N4O7S2. The summed E-state index contributed by atoms with van der Waals surface area (Å²) in [4.78, 5) is 68.2. The van der Waals surface area contributed by atoms with Crippen LogP contribution in [0.5, 0.6) is 0 Å². The Labute approximate surface area is 275 Å². The fourth-order valence-electron chi connectivity index (χ4n) is 4.55. The second kappa shape index (κ2) is 16.6. The summed E-state index contributed by atoms with van der Waals surface area (Å²) in [6.45, 7) is 4.71. The van der Waals surface area contributed by atoms with Gasteiger partial charge in [-0.2, -0.15) is 0 Å². The smallest absolute Gasteiger partial charge is 0.414 e. The fraction of sp³-hybridized carbons (Fsp3) is 0.483. The predicted octanol–water partition coefficient (Wildman–Crippen LogP) is 4.59. The number of unbranched alkanes of at least 4 members (excludes halogenated alkanes) is 1. The van der Waals surface area contributed by atoms with Gasteiger partial charge in [0.2, 0.25) is 11.0 Å². The van der Waals surface area contributed by atoms with Crippen LogP contribution in [-0.2, 0) is 23.9 Å². The molecule has 2 fully saturated rings. The number of morpholine rings is 1. The summed E-state index contributed by atoms with van der Waals surface area (Å²) >= 11 is 8.26. The third-order valence-electron chi connectivity index (χ3n) is 7.07. The topological polar surface area (TPSA) is 140 Å². The number of thioether (sulfide) groups is 1. The molecule has 11 nitrogen and oxygen atoms in total. The zero-order valence-electron chi connectivity index (χ0n) is 24.4. The van der Waals surface area contributed by atoms with Crippen molar-refractivity contribution < 1.29 is 33.4 Å². The highest BCUT2D eigenvalue weighted by Crippen LogP contribution is 2.28. The first-order valence-electron chi connectivity index (χ1n) is 14.0. The molecule has 2 N–H and O–H groups in total. The first-order valence-corrected chi connectivity index (χ1v) is 16.2. The molecule has 0 unspecified atom stereocenters. The van der Waals surface area contributed by atoms with E-state index < -0.39 is 30.1 Å². The van der Waals surface area contributed by atoms with Gasteiger partial charge in [0.1, 0.15) is 12.7 Å². The molecule has 0 spiro atoms. The SMILES string of the molecule is CC(C)[C@H](N)C(=O)SCCCCC(=O)N(C[C@H]1CN(c2ccc(N3CCOCC3=O)cc2)C(=O)O1)C(=O)c1ccc(Cl)s1.Cl. The van der Waals surface area contributed by atoms with Crippen molar-refractivity contribution in [1.82, 2.24) is 4.90 Å². The molecule has 2 atom stereocenters. The molecule has 1 aromatic carbocycles. The van der Waals surface area contributed by atoms with Gasteiger partial charge in [0.15, 0.2) is 0 Å². The molecule has 4 amide bonds. The monoisotopic (exact) mass is 686 g/mol. The van der Waals surface area contributed by atoms with Crippen LogP contribution in [0.2, 0.25) is 4.34 Å². The van der Waals surface area contributed by atoms with Gasteiger partial charge in [0, 0.05) is 30.1 Å². The molecule has 240 valence electrons. The van der Waals surface area contributed by atoms with Gasteiger partial charge in [-0.25, -0.2) is 4.79 Å². The second-order valence-electron chi connectivity index (χ2n) is 10.5. The zero-order valence-corrected chi connectivity index (χ0v) is 27.6. The fourth-order valence-corrected chi connectivity index (χ4v) is 6.56. The number of halogens is 2. The highest BCUT2D eigenvalue weighted by Gasteiger charge is 2.36. The van der Waals surface area contributed by atoms with Crippen molar-refractivity contribution in [2.24, 2.45) is 11.7 Å². The first kappa shape index (κ1) is 35.8. The molecule has 0 aliphatic carbocycles. The minimum atomic E-state index is -0.748. The van der Waals surface area contributed by atoms with E-state index in [2.05, 4.69) is 0 Å². The molecule has 2 aliphatic heterocycles. The number of carbonyl (C=O) groups is 5. The zero-order chi connectivity index (χ0) is 31.1. The van der Waals surface area contributed by atoms with Gasteiger partial charge in [0.25, 0.3) is 11.8 Å². The van der Waals surface area contributed by atoms with E-state index in [0.717, 1.165) is 28.0 Å². The largest absolute Gasteiger partial charge is 0.442 e. The number of cyclic esters (lactones) is 1. The Morgan fingerprint density at radius 2 is 1.77 bits per heavy atom. The highest BCUT2D eigenvalue weighted by molar-refractivity contribution is 8.13. The number of nitrogens with zero attached hydrogens (tertiary/aromatic N) is 3. The van der Waals surface area contributed by atoms with E-state index in [1.54, 1.807) is 41.3 Å². The van der Waals surface area contributed by atoms with Crippen molar-refractivity contribution in [3.63, 3.8) is 0 Å². The predicted molar refractivity (Wildman–Crippen MR) is 174 cm³/mol. The van der Waals surface area contributed by atoms with Crippen LogP contribution in [0.15, 0.2) is 36.4 Å². The Morgan fingerprint density at radius 1 is 1.09 bits per heavy atom. The molecule has 2 aromatic rings. The number of rotatable bonds is 12. The summed E-state index contributed by atoms with van der Waals surface area (Å²) in [6.07, 6.45) is -0.193. The summed E-state index contributed by atoms with van der Waals surface area (Å²) in [7, 11) is 0. The number of anilines is 2. The van der Waals surface area contributed by atoms with Gasteiger partial charge in [-0.05, 0) is 55.2 Å². The molecule has 0 bridgehead atoms. The Kier molecular flexibility index (Phi) is 13.5. The Bertz CT molecular complexity index is 1340. The normalized spacial score (nSPS) is 17.3. The quantitative estimate of drug-likeness (QED) is 0.318. The highest BCUT2D eigenvalue weighted by atomic mass is 35.5. The van der Waals surface area contributed by atoms with E-state index in [1.807, 2.05) is 13.8 Å². The van der Waals surface area contributed by atoms with Crippen LogP contribution >= 0.6 is 47.1 Å². The standard InChI is InChI=1S/C29H35ClN4O7S2.ClH/c1-18(2)26(31)28(38)42-14-4-3-5-24(35)34(27(37)22-10-11-23(30)43-22)16-21-15-33(29(39)41-21)20-8-6-19(7-9-20)32-12-13-40-17-25(32)36;/h6-11,18,21,26H,3-5,12-17,31H2,1-2H3;1H/t21-,26+;/m1./s1. The second-order valence-corrected chi connectivity index (χ2v) is 13.4. The van der Waals surface area contributed by atoms with Crippen molar-refractivity contribution >= 4 is 87.4 Å². The molecule has 1 aromatic heterocycles. The average molecular weight is 688 g/mol. The van der Waals surface area contributed by atoms with Crippen molar-refractivity contribution in [2.75, 3.05) is 48.4 Å². The lowest BCUT2D eigenvalue weighted by Crippen LogP contribution is -2.43. The van der Waals surface area contributed by atoms with Crippen LogP contribution in [0.3, 0.4) is 0 Å². The Balaban J connectivity index is 0.00000529. The number of carbonyl (C=O) groups excluding carboxylic acids is 5. The van der Waals surface area contributed by atoms with Crippen molar-refractivity contribution in [3.05, 3.63) is 45.6 Å². The number of benzene rings is 1. The molecule has 0 radical (unpaired) electrons. The average Bonchev–Trinajstić information content (AvgIpc) is 3.59. The molecule has 4 rings (SSSR count). The molecule has 3 heterocycles. The molecule has 15 heteroatoms. The van der Waals surface area contributed by atoms with Gasteiger partial charge >= 0.3 is 6.09 Å². The number of thiophene rings is 1. The lowest BCUT2D eigenvalue weighted by atomic mass is 10.1. The summed E-state index contributed by atoms with van der Waals surface area (Å²) in [5, 5.41) is -0.0791. The first-order chi connectivity index (χ1) is 20.5. The van der Waals surface area contributed by atoms with E-state index in [9.17, 15) is 24.0 Å².